The Bertz CT molecular complexity index is 614. The van der Waals surface area contributed by atoms with Crippen LogP contribution in [0.5, 0.6) is 0 Å². The van der Waals surface area contributed by atoms with E-state index in [1.54, 1.807) is 23.6 Å². The molecule has 1 amide bonds. The third kappa shape index (κ3) is 3.45. The second-order valence-corrected chi connectivity index (χ2v) is 5.50. The number of nitrogens with zero attached hydrogens (tertiary/aromatic N) is 1. The summed E-state index contributed by atoms with van der Waals surface area (Å²) in [5.41, 5.74) is 1.49. The van der Waals surface area contributed by atoms with E-state index in [9.17, 15) is 4.79 Å². The number of aromatic nitrogens is 1. The van der Waals surface area contributed by atoms with Crippen LogP contribution in [0, 0.1) is 0 Å². The van der Waals surface area contributed by atoms with Crippen LogP contribution in [0.2, 0.25) is 10.0 Å². The number of benzene rings is 1. The van der Waals surface area contributed by atoms with Crippen LogP contribution in [0.25, 0.3) is 11.3 Å². The normalized spacial score (nSPS) is 12.2. The lowest BCUT2D eigenvalue weighted by Crippen LogP contribution is -2.24. The molecule has 0 saturated heterocycles. The molecular weight excluding hydrogens is 307 g/mol. The van der Waals surface area contributed by atoms with Gasteiger partial charge in [-0.05, 0) is 19.1 Å². The molecule has 4 nitrogen and oxygen atoms in total. The number of halogens is 2. The molecule has 0 bridgehead atoms. The molecule has 1 atom stereocenters. The van der Waals surface area contributed by atoms with Crippen molar-refractivity contribution in [3.63, 3.8) is 0 Å². The first-order valence-electron chi connectivity index (χ1n) is 5.37. The number of nitrogens with one attached hydrogen (secondary N) is 1. The molecule has 1 heterocycles. The summed E-state index contributed by atoms with van der Waals surface area (Å²) >= 11 is 13.0. The van der Waals surface area contributed by atoms with Gasteiger partial charge < -0.3 is 5.11 Å². The van der Waals surface area contributed by atoms with E-state index < -0.39 is 12.0 Å². The summed E-state index contributed by atoms with van der Waals surface area (Å²) in [6, 6.07) is 5.19. The fourth-order valence-corrected chi connectivity index (χ4v) is 2.35. The standard InChI is InChI=1S/C12H10Cl2N2O2S/c1-6(17)11(18)16-12-15-10(5-19-12)7-2-3-8(13)9(14)4-7/h2-6,17H,1H3,(H,15,16,18)/t6-/m0/s1. The Morgan fingerprint density at radius 3 is 2.79 bits per heavy atom. The van der Waals surface area contributed by atoms with Crippen molar-refractivity contribution in [2.75, 3.05) is 5.32 Å². The zero-order valence-corrected chi connectivity index (χ0v) is 12.2. The average Bonchev–Trinajstić information content (AvgIpc) is 2.81. The van der Waals surface area contributed by atoms with Gasteiger partial charge in [-0.15, -0.1) is 11.3 Å². The van der Waals surface area contributed by atoms with Crippen molar-refractivity contribution < 1.29 is 9.90 Å². The van der Waals surface area contributed by atoms with Crippen molar-refractivity contribution in [3.8, 4) is 11.3 Å². The number of hydrogen-bond acceptors (Lipinski definition) is 4. The van der Waals surface area contributed by atoms with E-state index in [4.69, 9.17) is 28.3 Å². The van der Waals surface area contributed by atoms with Crippen LogP contribution in [0.1, 0.15) is 6.92 Å². The van der Waals surface area contributed by atoms with Gasteiger partial charge in [-0.3, -0.25) is 10.1 Å². The van der Waals surface area contributed by atoms with Gasteiger partial charge in [0.2, 0.25) is 0 Å². The van der Waals surface area contributed by atoms with Crippen LogP contribution in [0.15, 0.2) is 23.6 Å². The molecule has 1 aromatic carbocycles. The van der Waals surface area contributed by atoms with Crippen LogP contribution >= 0.6 is 34.5 Å². The summed E-state index contributed by atoms with van der Waals surface area (Å²) in [5.74, 6) is -0.491. The predicted octanol–water partition coefficient (Wildman–Crippen LogP) is 3.44. The Morgan fingerprint density at radius 2 is 2.16 bits per heavy atom. The van der Waals surface area contributed by atoms with Gasteiger partial charge in [0.1, 0.15) is 6.10 Å². The molecule has 100 valence electrons. The molecule has 19 heavy (non-hydrogen) atoms. The largest absolute Gasteiger partial charge is 0.384 e. The van der Waals surface area contributed by atoms with Gasteiger partial charge in [0, 0.05) is 10.9 Å². The molecule has 0 saturated carbocycles. The van der Waals surface area contributed by atoms with Crippen molar-refractivity contribution >= 4 is 45.6 Å². The van der Waals surface area contributed by atoms with E-state index in [0.717, 1.165) is 5.56 Å². The molecule has 0 unspecified atom stereocenters. The highest BCUT2D eigenvalue weighted by atomic mass is 35.5. The number of carbonyl (C=O) groups is 1. The van der Waals surface area contributed by atoms with Crippen molar-refractivity contribution in [1.82, 2.24) is 4.98 Å². The van der Waals surface area contributed by atoms with E-state index in [2.05, 4.69) is 10.3 Å². The number of rotatable bonds is 3. The minimum atomic E-state index is -1.07. The van der Waals surface area contributed by atoms with E-state index in [-0.39, 0.29) is 0 Å². The summed E-state index contributed by atoms with van der Waals surface area (Å²) < 4.78 is 0. The smallest absolute Gasteiger partial charge is 0.254 e. The molecule has 0 aliphatic heterocycles. The quantitative estimate of drug-likeness (QED) is 0.911. The fourth-order valence-electron chi connectivity index (χ4n) is 1.33. The molecule has 2 N–H and O–H groups in total. The first kappa shape index (κ1) is 14.3. The number of aliphatic hydroxyl groups excluding tert-OH is 1. The molecule has 0 aliphatic rings. The summed E-state index contributed by atoms with van der Waals surface area (Å²) in [4.78, 5) is 15.6. The number of carbonyl (C=O) groups excluding carboxylic acids is 1. The molecule has 0 radical (unpaired) electrons. The van der Waals surface area contributed by atoms with E-state index in [1.807, 2.05) is 0 Å². The lowest BCUT2D eigenvalue weighted by atomic mass is 10.2. The molecule has 0 spiro atoms. The molecule has 2 rings (SSSR count). The van der Waals surface area contributed by atoms with Gasteiger partial charge in [-0.2, -0.15) is 0 Å². The summed E-state index contributed by atoms with van der Waals surface area (Å²) in [6.07, 6.45) is -1.07. The van der Waals surface area contributed by atoms with Crippen LogP contribution in [0.3, 0.4) is 0 Å². The SMILES string of the molecule is C[C@H](O)C(=O)Nc1nc(-c2ccc(Cl)c(Cl)c2)cs1. The first-order chi connectivity index (χ1) is 8.97. The van der Waals surface area contributed by atoms with Crippen LogP contribution in [-0.4, -0.2) is 22.1 Å². The van der Waals surface area contributed by atoms with Gasteiger partial charge in [-0.25, -0.2) is 4.98 Å². The molecule has 0 aliphatic carbocycles. The first-order valence-corrected chi connectivity index (χ1v) is 7.01. The van der Waals surface area contributed by atoms with E-state index in [0.29, 0.717) is 20.9 Å². The van der Waals surface area contributed by atoms with Gasteiger partial charge in [0.15, 0.2) is 5.13 Å². The minimum absolute atomic E-state index is 0.423. The Morgan fingerprint density at radius 1 is 1.42 bits per heavy atom. The molecule has 2 aromatic rings. The second kappa shape index (κ2) is 5.88. The summed E-state index contributed by atoms with van der Waals surface area (Å²) in [5, 5.41) is 14.8. The zero-order valence-electron chi connectivity index (χ0n) is 9.85. The maximum atomic E-state index is 11.3. The number of aliphatic hydroxyl groups is 1. The Kier molecular flexibility index (Phi) is 4.42. The van der Waals surface area contributed by atoms with Gasteiger partial charge >= 0.3 is 0 Å². The Hall–Kier alpha value is -1.14. The average molecular weight is 317 g/mol. The van der Waals surface area contributed by atoms with Crippen molar-refractivity contribution in [1.29, 1.82) is 0 Å². The van der Waals surface area contributed by atoms with Gasteiger partial charge in [-0.1, -0.05) is 29.3 Å². The number of amides is 1. The maximum absolute atomic E-state index is 11.3. The molecule has 7 heteroatoms. The lowest BCUT2D eigenvalue weighted by molar-refractivity contribution is -0.123. The van der Waals surface area contributed by atoms with E-state index in [1.165, 1.54) is 18.3 Å². The molecular formula is C12H10Cl2N2O2S. The van der Waals surface area contributed by atoms with Crippen LogP contribution < -0.4 is 5.32 Å². The van der Waals surface area contributed by atoms with Crippen molar-refractivity contribution in [3.05, 3.63) is 33.6 Å². The van der Waals surface area contributed by atoms with Gasteiger partial charge in [0.05, 0.1) is 15.7 Å². The highest BCUT2D eigenvalue weighted by Crippen LogP contribution is 2.30. The fraction of sp³-hybridized carbons (Fsp3) is 0.167. The minimum Gasteiger partial charge on any atom is -0.384 e. The van der Waals surface area contributed by atoms with Crippen molar-refractivity contribution in [2.24, 2.45) is 0 Å². The van der Waals surface area contributed by atoms with Crippen LogP contribution in [0.4, 0.5) is 5.13 Å². The highest BCUT2D eigenvalue weighted by Gasteiger charge is 2.12. The molecule has 0 fully saturated rings. The lowest BCUT2D eigenvalue weighted by Gasteiger charge is -2.03. The summed E-state index contributed by atoms with van der Waals surface area (Å²) in [6.45, 7) is 1.39. The third-order valence-electron chi connectivity index (χ3n) is 2.33. The molecule has 1 aromatic heterocycles. The predicted molar refractivity (Wildman–Crippen MR) is 77.9 cm³/mol. The zero-order chi connectivity index (χ0) is 14.0. The third-order valence-corrected chi connectivity index (χ3v) is 3.83. The summed E-state index contributed by atoms with van der Waals surface area (Å²) in [7, 11) is 0. The second-order valence-electron chi connectivity index (χ2n) is 3.83. The monoisotopic (exact) mass is 316 g/mol. The highest BCUT2D eigenvalue weighted by molar-refractivity contribution is 7.14. The van der Waals surface area contributed by atoms with Gasteiger partial charge in [0.25, 0.3) is 5.91 Å². The van der Waals surface area contributed by atoms with E-state index >= 15 is 0 Å². The van der Waals surface area contributed by atoms with Crippen molar-refractivity contribution in [2.45, 2.75) is 13.0 Å². The number of anilines is 1. The Labute approximate surface area is 124 Å². The maximum Gasteiger partial charge on any atom is 0.254 e. The Balaban J connectivity index is 2.21. The van der Waals surface area contributed by atoms with Crippen LogP contribution in [-0.2, 0) is 4.79 Å². The topological polar surface area (TPSA) is 62.2 Å². The number of thiazole rings is 1. The number of hydrogen-bond donors (Lipinski definition) is 2.